The molecule has 0 rings (SSSR count). The molecule has 1 unspecified atom stereocenters. The number of hydrogen-bond donors (Lipinski definition) is 0. The molecule has 0 saturated heterocycles. The van der Waals surface area contributed by atoms with E-state index >= 15 is 0 Å². The average molecular weight is 917 g/mol. The Morgan fingerprint density at radius 2 is 0.636 bits per heavy atom. The van der Waals surface area contributed by atoms with Gasteiger partial charge in [0.05, 0.1) is 0 Å². The number of ether oxygens (including phenoxy) is 3. The van der Waals surface area contributed by atoms with Crippen LogP contribution in [0, 0.1) is 0 Å². The third-order valence-electron chi connectivity index (χ3n) is 11.4. The fraction of sp³-hybridized carbons (Fsp3) is 0.683. The standard InChI is InChI=1S/C60H100O6/c1-4-7-10-13-16-19-22-25-27-29-31-32-35-38-41-44-47-50-53-59(62)65-56-57(55-64-58(61)52-49-46-43-40-37-34-24-21-18-15-12-9-6-3)66-60(63)54-51-48-45-42-39-36-33-30-28-26-23-20-17-14-11-8-5-2/h16-17,19-20,22,25-29,31-32,34,37,43,46,57H,4-15,18,21,23-24,30,33,35-36,38-42,44-45,47-56H2,1-3H3/b19-16-,20-17-,25-22-,28-26-,29-27-,32-31-,37-34-,46-43-. The van der Waals surface area contributed by atoms with Crippen LogP contribution in [0.15, 0.2) is 97.2 Å². The molecule has 0 aromatic rings. The third kappa shape index (κ3) is 51.3. The van der Waals surface area contributed by atoms with E-state index in [4.69, 9.17) is 14.2 Å². The minimum Gasteiger partial charge on any atom is -0.462 e. The molecule has 0 aromatic carbocycles. The molecule has 0 aliphatic heterocycles. The molecule has 376 valence electrons. The van der Waals surface area contributed by atoms with Gasteiger partial charge in [0.25, 0.3) is 0 Å². The topological polar surface area (TPSA) is 78.9 Å². The quantitative estimate of drug-likeness (QED) is 0.0199. The molecule has 0 aliphatic rings. The van der Waals surface area contributed by atoms with E-state index in [9.17, 15) is 14.4 Å². The van der Waals surface area contributed by atoms with Crippen molar-refractivity contribution >= 4 is 17.9 Å². The summed E-state index contributed by atoms with van der Waals surface area (Å²) in [5.41, 5.74) is 0. The van der Waals surface area contributed by atoms with Gasteiger partial charge in [0.1, 0.15) is 13.2 Å². The molecule has 1 atom stereocenters. The molecule has 0 spiro atoms. The Kier molecular flexibility index (Phi) is 50.9. The minimum atomic E-state index is -0.815. The van der Waals surface area contributed by atoms with E-state index in [2.05, 4.69) is 112 Å². The Hall–Kier alpha value is -3.67. The highest BCUT2D eigenvalue weighted by Crippen LogP contribution is 2.13. The Bertz CT molecular complexity index is 1330. The van der Waals surface area contributed by atoms with Crippen molar-refractivity contribution in [3.8, 4) is 0 Å². The van der Waals surface area contributed by atoms with Crippen LogP contribution < -0.4 is 0 Å². The zero-order valence-electron chi connectivity index (χ0n) is 42.9. The summed E-state index contributed by atoms with van der Waals surface area (Å²) in [6.45, 7) is 6.49. The average Bonchev–Trinajstić information content (AvgIpc) is 3.31. The van der Waals surface area contributed by atoms with Crippen LogP contribution in [0.1, 0.15) is 245 Å². The van der Waals surface area contributed by atoms with Gasteiger partial charge in [0.2, 0.25) is 0 Å². The largest absolute Gasteiger partial charge is 0.462 e. The number of rotatable bonds is 48. The van der Waals surface area contributed by atoms with Crippen LogP contribution in [0.3, 0.4) is 0 Å². The van der Waals surface area contributed by atoms with Crippen LogP contribution in [0.2, 0.25) is 0 Å². The first kappa shape index (κ1) is 62.3. The van der Waals surface area contributed by atoms with Crippen molar-refractivity contribution in [1.82, 2.24) is 0 Å². The molecule has 0 saturated carbocycles. The van der Waals surface area contributed by atoms with Crippen molar-refractivity contribution < 1.29 is 28.6 Å². The van der Waals surface area contributed by atoms with E-state index in [0.717, 1.165) is 89.9 Å². The van der Waals surface area contributed by atoms with E-state index in [0.29, 0.717) is 19.3 Å². The van der Waals surface area contributed by atoms with Gasteiger partial charge in [-0.2, -0.15) is 0 Å². The third-order valence-corrected chi connectivity index (χ3v) is 11.4. The van der Waals surface area contributed by atoms with Crippen LogP contribution in [-0.4, -0.2) is 37.2 Å². The number of esters is 3. The minimum absolute atomic E-state index is 0.111. The molecule has 66 heavy (non-hydrogen) atoms. The van der Waals surface area contributed by atoms with Gasteiger partial charge in [-0.1, -0.05) is 227 Å². The lowest BCUT2D eigenvalue weighted by Gasteiger charge is -2.18. The van der Waals surface area contributed by atoms with Crippen molar-refractivity contribution in [2.75, 3.05) is 13.2 Å². The Morgan fingerprint density at radius 3 is 1.09 bits per heavy atom. The lowest BCUT2D eigenvalue weighted by molar-refractivity contribution is -0.166. The molecule has 0 radical (unpaired) electrons. The number of hydrogen-bond acceptors (Lipinski definition) is 6. The molecule has 6 heteroatoms. The van der Waals surface area contributed by atoms with Crippen molar-refractivity contribution in [2.24, 2.45) is 0 Å². The highest BCUT2D eigenvalue weighted by atomic mass is 16.6. The van der Waals surface area contributed by atoms with Gasteiger partial charge in [0, 0.05) is 19.3 Å². The molecule has 0 bridgehead atoms. The van der Waals surface area contributed by atoms with Crippen molar-refractivity contribution in [3.63, 3.8) is 0 Å². The highest BCUT2D eigenvalue weighted by molar-refractivity contribution is 5.71. The Labute approximate surface area is 407 Å². The van der Waals surface area contributed by atoms with Gasteiger partial charge in [-0.15, -0.1) is 0 Å². The van der Waals surface area contributed by atoms with Crippen molar-refractivity contribution in [3.05, 3.63) is 97.2 Å². The smallest absolute Gasteiger partial charge is 0.306 e. The van der Waals surface area contributed by atoms with Crippen molar-refractivity contribution in [2.45, 2.75) is 252 Å². The number of carbonyl (C=O) groups is 3. The number of unbranched alkanes of at least 4 members (excludes halogenated alkanes) is 24. The van der Waals surface area contributed by atoms with Crippen LogP contribution in [0.25, 0.3) is 0 Å². The number of carbonyl (C=O) groups excluding carboxylic acids is 3. The summed E-state index contributed by atoms with van der Waals surface area (Å²) >= 11 is 0. The van der Waals surface area contributed by atoms with Gasteiger partial charge < -0.3 is 14.2 Å². The van der Waals surface area contributed by atoms with Crippen LogP contribution >= 0.6 is 0 Å². The second-order valence-electron chi connectivity index (χ2n) is 17.9. The Morgan fingerprint density at radius 1 is 0.318 bits per heavy atom. The first-order chi connectivity index (χ1) is 32.5. The van der Waals surface area contributed by atoms with Gasteiger partial charge >= 0.3 is 17.9 Å². The first-order valence-corrected chi connectivity index (χ1v) is 27.3. The summed E-state index contributed by atoms with van der Waals surface area (Å²) in [6.07, 6.45) is 71.1. The fourth-order valence-corrected chi connectivity index (χ4v) is 7.24. The molecular formula is C60H100O6. The Balaban J connectivity index is 4.51. The van der Waals surface area contributed by atoms with E-state index in [1.54, 1.807) is 0 Å². The zero-order valence-corrected chi connectivity index (χ0v) is 42.9. The van der Waals surface area contributed by atoms with E-state index in [1.165, 1.54) is 109 Å². The predicted molar refractivity (Wildman–Crippen MR) is 284 cm³/mol. The van der Waals surface area contributed by atoms with Crippen LogP contribution in [0.5, 0.6) is 0 Å². The van der Waals surface area contributed by atoms with Crippen molar-refractivity contribution in [1.29, 1.82) is 0 Å². The van der Waals surface area contributed by atoms with Crippen LogP contribution in [-0.2, 0) is 28.6 Å². The molecule has 0 fully saturated rings. The SMILES string of the molecule is CCCCC\C=C/C=C\C=C/C=C\CCCCCCCC(=O)OCC(COC(=O)CC/C=C\C/C=C\CCCCCCCC)OC(=O)CCCCCCCCC/C=C\C/C=C\CCCCC. The molecule has 6 nitrogen and oxygen atoms in total. The van der Waals surface area contributed by atoms with Gasteiger partial charge in [-0.25, -0.2) is 0 Å². The highest BCUT2D eigenvalue weighted by Gasteiger charge is 2.19. The molecule has 0 N–H and O–H groups in total. The maximum Gasteiger partial charge on any atom is 0.306 e. The van der Waals surface area contributed by atoms with E-state index in [-0.39, 0.29) is 37.5 Å². The second kappa shape index (κ2) is 53.9. The monoisotopic (exact) mass is 917 g/mol. The summed E-state index contributed by atoms with van der Waals surface area (Å²) in [7, 11) is 0. The maximum atomic E-state index is 12.8. The maximum absolute atomic E-state index is 12.8. The van der Waals surface area contributed by atoms with Gasteiger partial charge in [-0.05, 0) is 96.3 Å². The molecule has 0 aliphatic carbocycles. The fourth-order valence-electron chi connectivity index (χ4n) is 7.24. The summed E-state index contributed by atoms with van der Waals surface area (Å²) in [4.78, 5) is 38.0. The zero-order chi connectivity index (χ0) is 47.9. The molecule has 0 heterocycles. The van der Waals surface area contributed by atoms with Crippen LogP contribution in [0.4, 0.5) is 0 Å². The second-order valence-corrected chi connectivity index (χ2v) is 17.9. The first-order valence-electron chi connectivity index (χ1n) is 27.3. The summed E-state index contributed by atoms with van der Waals surface area (Å²) in [5, 5.41) is 0. The molecule has 0 amide bonds. The number of allylic oxidation sites excluding steroid dienone is 16. The van der Waals surface area contributed by atoms with E-state index < -0.39 is 6.10 Å². The molecule has 0 aromatic heterocycles. The lowest BCUT2D eigenvalue weighted by Crippen LogP contribution is -2.30. The summed E-state index contributed by atoms with van der Waals surface area (Å²) in [5.74, 6) is -1.01. The lowest BCUT2D eigenvalue weighted by atomic mass is 10.1. The molecular weight excluding hydrogens is 817 g/mol. The van der Waals surface area contributed by atoms with E-state index in [1.807, 2.05) is 6.08 Å². The predicted octanol–water partition coefficient (Wildman–Crippen LogP) is 18.1. The normalized spacial score (nSPS) is 12.8. The summed E-state index contributed by atoms with van der Waals surface area (Å²) < 4.78 is 16.7. The van der Waals surface area contributed by atoms with Gasteiger partial charge in [0.15, 0.2) is 6.10 Å². The summed E-state index contributed by atoms with van der Waals surface area (Å²) in [6, 6.07) is 0. The van der Waals surface area contributed by atoms with Gasteiger partial charge in [-0.3, -0.25) is 14.4 Å².